The molecule has 1 N–H and O–H groups in total. The van der Waals surface area contributed by atoms with Gasteiger partial charge in [-0.25, -0.2) is 8.42 Å². The quantitative estimate of drug-likeness (QED) is 0.308. The third-order valence-corrected chi connectivity index (χ3v) is 8.54. The highest BCUT2D eigenvalue weighted by Crippen LogP contribution is 2.35. The van der Waals surface area contributed by atoms with Crippen LogP contribution >= 0.6 is 34.5 Å². The molecule has 0 fully saturated rings. The van der Waals surface area contributed by atoms with Gasteiger partial charge >= 0.3 is 0 Å². The van der Waals surface area contributed by atoms with E-state index in [1.54, 1.807) is 18.2 Å². The van der Waals surface area contributed by atoms with Gasteiger partial charge in [-0.15, -0.1) is 10.2 Å². The molecule has 1 amide bonds. The van der Waals surface area contributed by atoms with E-state index < -0.39 is 22.5 Å². The van der Waals surface area contributed by atoms with Gasteiger partial charge in [0, 0.05) is 5.56 Å². The van der Waals surface area contributed by atoms with Crippen LogP contribution in [0.3, 0.4) is 0 Å². The summed E-state index contributed by atoms with van der Waals surface area (Å²) in [5.74, 6) is -0.608. The van der Waals surface area contributed by atoms with Gasteiger partial charge in [0.15, 0.2) is 0 Å². The minimum absolute atomic E-state index is 0.0181. The topological polar surface area (TPSA) is 92.3 Å². The Bertz CT molecular complexity index is 1470. The van der Waals surface area contributed by atoms with Crippen LogP contribution in [0.5, 0.6) is 0 Å². The van der Waals surface area contributed by atoms with Gasteiger partial charge in [0.25, 0.3) is 10.0 Å². The van der Waals surface area contributed by atoms with Gasteiger partial charge in [0.2, 0.25) is 11.0 Å². The molecule has 0 unspecified atom stereocenters. The van der Waals surface area contributed by atoms with Gasteiger partial charge in [-0.1, -0.05) is 88.1 Å². The van der Waals surface area contributed by atoms with Crippen molar-refractivity contribution in [2.75, 3.05) is 16.2 Å². The number of aryl methyl sites for hydroxylation is 2. The molecule has 0 aliphatic carbocycles. The number of hydrogen-bond donors (Lipinski definition) is 1. The van der Waals surface area contributed by atoms with Crippen molar-refractivity contribution in [1.82, 2.24) is 10.2 Å². The number of hydrogen-bond acceptors (Lipinski definition) is 6. The predicted octanol–water partition coefficient (Wildman–Crippen LogP) is 5.96. The molecule has 1 aromatic heterocycles. The number of aromatic nitrogens is 2. The van der Waals surface area contributed by atoms with Crippen molar-refractivity contribution >= 4 is 61.3 Å². The van der Waals surface area contributed by atoms with Crippen molar-refractivity contribution in [3.63, 3.8) is 0 Å². The fourth-order valence-corrected chi connectivity index (χ4v) is 5.84. The molecule has 0 spiro atoms. The Kier molecular flexibility index (Phi) is 7.42. The molecule has 0 saturated heterocycles. The molecule has 1 heterocycles. The number of halogens is 2. The Morgan fingerprint density at radius 2 is 1.57 bits per heavy atom. The van der Waals surface area contributed by atoms with Crippen molar-refractivity contribution in [2.24, 2.45) is 0 Å². The van der Waals surface area contributed by atoms with Crippen LogP contribution in [0, 0.1) is 13.8 Å². The van der Waals surface area contributed by atoms with E-state index in [9.17, 15) is 13.2 Å². The second-order valence-corrected chi connectivity index (χ2v) is 11.3. The number of anilines is 2. The van der Waals surface area contributed by atoms with Crippen LogP contribution in [-0.2, 0) is 14.8 Å². The fourth-order valence-electron chi connectivity index (χ4n) is 3.20. The standard InChI is InChI=1S/C24H20Cl2N4O3S2/c1-15-6-10-17(11-7-15)23-28-29-24(34-23)27-21(31)14-30(20-5-3-4-19(25)22(20)26)35(32,33)18-12-8-16(2)9-13-18/h3-13H,14H2,1-2H3,(H,27,29,31). The average molecular weight is 547 g/mol. The lowest BCUT2D eigenvalue weighted by molar-refractivity contribution is -0.114. The molecule has 4 rings (SSSR count). The number of benzene rings is 3. The number of amides is 1. The Balaban J connectivity index is 1.62. The Labute approximate surface area is 217 Å². The van der Waals surface area contributed by atoms with E-state index in [2.05, 4.69) is 15.5 Å². The summed E-state index contributed by atoms with van der Waals surface area (Å²) in [6.45, 7) is 3.29. The zero-order valence-corrected chi connectivity index (χ0v) is 21.8. The van der Waals surface area contributed by atoms with E-state index in [0.717, 1.165) is 21.0 Å². The number of rotatable bonds is 7. The van der Waals surface area contributed by atoms with Crippen molar-refractivity contribution in [3.8, 4) is 10.6 Å². The molecular formula is C24H20Cl2N4O3S2. The average Bonchev–Trinajstić information content (AvgIpc) is 3.28. The molecule has 0 saturated carbocycles. The molecule has 4 aromatic rings. The summed E-state index contributed by atoms with van der Waals surface area (Å²) < 4.78 is 28.0. The van der Waals surface area contributed by atoms with Crippen LogP contribution < -0.4 is 9.62 Å². The number of sulfonamides is 1. The van der Waals surface area contributed by atoms with E-state index in [4.69, 9.17) is 23.2 Å². The molecule has 3 aromatic carbocycles. The smallest absolute Gasteiger partial charge is 0.264 e. The summed E-state index contributed by atoms with van der Waals surface area (Å²) in [6.07, 6.45) is 0. The maximum absolute atomic E-state index is 13.5. The minimum Gasteiger partial charge on any atom is -0.299 e. The normalized spacial score (nSPS) is 11.3. The Morgan fingerprint density at radius 1 is 0.943 bits per heavy atom. The SMILES string of the molecule is Cc1ccc(-c2nnc(NC(=O)CN(c3cccc(Cl)c3Cl)S(=O)(=O)c3ccc(C)cc3)s2)cc1. The van der Waals surface area contributed by atoms with Gasteiger partial charge in [-0.3, -0.25) is 14.4 Å². The van der Waals surface area contributed by atoms with E-state index in [-0.39, 0.29) is 25.8 Å². The number of nitrogens with one attached hydrogen (secondary N) is 1. The van der Waals surface area contributed by atoms with Crippen LogP contribution in [0.25, 0.3) is 10.6 Å². The first-order valence-corrected chi connectivity index (χ1v) is 13.4. The van der Waals surface area contributed by atoms with Crippen molar-refractivity contribution in [3.05, 3.63) is 87.9 Å². The second-order valence-electron chi connectivity index (χ2n) is 7.72. The number of nitrogens with zero attached hydrogens (tertiary/aromatic N) is 3. The third-order valence-electron chi connectivity index (χ3n) is 5.07. The highest BCUT2D eigenvalue weighted by atomic mass is 35.5. The Morgan fingerprint density at radius 3 is 2.23 bits per heavy atom. The van der Waals surface area contributed by atoms with Crippen LogP contribution in [-0.4, -0.2) is 31.1 Å². The molecule has 0 bridgehead atoms. The summed E-state index contributed by atoms with van der Waals surface area (Å²) in [5, 5.41) is 11.8. The number of carbonyl (C=O) groups is 1. The lowest BCUT2D eigenvalue weighted by Crippen LogP contribution is -2.38. The first-order chi connectivity index (χ1) is 16.6. The van der Waals surface area contributed by atoms with Crippen molar-refractivity contribution in [1.29, 1.82) is 0 Å². The third kappa shape index (κ3) is 5.65. The van der Waals surface area contributed by atoms with Crippen molar-refractivity contribution < 1.29 is 13.2 Å². The highest BCUT2D eigenvalue weighted by Gasteiger charge is 2.29. The molecule has 11 heteroatoms. The maximum Gasteiger partial charge on any atom is 0.264 e. The predicted molar refractivity (Wildman–Crippen MR) is 141 cm³/mol. The summed E-state index contributed by atoms with van der Waals surface area (Å²) in [6, 6.07) is 18.7. The summed E-state index contributed by atoms with van der Waals surface area (Å²) >= 11 is 13.7. The first kappa shape index (κ1) is 25.1. The maximum atomic E-state index is 13.5. The first-order valence-electron chi connectivity index (χ1n) is 10.4. The van der Waals surface area contributed by atoms with E-state index in [1.165, 1.54) is 35.6 Å². The minimum atomic E-state index is -4.14. The second kappa shape index (κ2) is 10.3. The lowest BCUT2D eigenvalue weighted by atomic mass is 10.2. The van der Waals surface area contributed by atoms with Crippen LogP contribution in [0.1, 0.15) is 11.1 Å². The fraction of sp³-hybridized carbons (Fsp3) is 0.125. The molecule has 0 aliphatic rings. The lowest BCUT2D eigenvalue weighted by Gasteiger charge is -2.25. The van der Waals surface area contributed by atoms with E-state index in [1.807, 2.05) is 38.1 Å². The van der Waals surface area contributed by atoms with Gasteiger partial charge < -0.3 is 0 Å². The molecule has 0 aliphatic heterocycles. The van der Waals surface area contributed by atoms with Crippen LogP contribution in [0.2, 0.25) is 10.0 Å². The van der Waals surface area contributed by atoms with Crippen LogP contribution in [0.15, 0.2) is 71.6 Å². The highest BCUT2D eigenvalue weighted by molar-refractivity contribution is 7.92. The summed E-state index contributed by atoms with van der Waals surface area (Å²) in [5.41, 5.74) is 2.96. The molecule has 0 radical (unpaired) electrons. The van der Waals surface area contributed by atoms with Gasteiger partial charge in [0.1, 0.15) is 11.6 Å². The number of carbonyl (C=O) groups excluding carboxylic acids is 1. The Hall–Kier alpha value is -2.98. The summed E-state index contributed by atoms with van der Waals surface area (Å²) in [4.78, 5) is 13.0. The zero-order chi connectivity index (χ0) is 25.2. The zero-order valence-electron chi connectivity index (χ0n) is 18.7. The van der Waals surface area contributed by atoms with Gasteiger partial charge in [-0.2, -0.15) is 0 Å². The molecular weight excluding hydrogens is 527 g/mol. The van der Waals surface area contributed by atoms with Gasteiger partial charge in [-0.05, 0) is 38.1 Å². The van der Waals surface area contributed by atoms with E-state index in [0.29, 0.717) is 5.01 Å². The van der Waals surface area contributed by atoms with Gasteiger partial charge in [0.05, 0.1) is 20.6 Å². The van der Waals surface area contributed by atoms with Crippen LogP contribution in [0.4, 0.5) is 10.8 Å². The monoisotopic (exact) mass is 546 g/mol. The molecule has 35 heavy (non-hydrogen) atoms. The molecule has 0 atom stereocenters. The van der Waals surface area contributed by atoms with Crippen molar-refractivity contribution in [2.45, 2.75) is 18.7 Å². The summed E-state index contributed by atoms with van der Waals surface area (Å²) in [7, 11) is -4.14. The molecule has 7 nitrogen and oxygen atoms in total. The van der Waals surface area contributed by atoms with E-state index >= 15 is 0 Å². The molecule has 180 valence electrons. The largest absolute Gasteiger partial charge is 0.299 e.